The third-order valence-corrected chi connectivity index (χ3v) is 16.0. The fraction of sp³-hybridized carbons (Fsp3) is 0.220. The van der Waals surface area contributed by atoms with E-state index in [2.05, 4.69) is 194 Å². The van der Waals surface area contributed by atoms with Gasteiger partial charge in [0.1, 0.15) is 0 Å². The molecule has 1 atom stereocenters. The molecule has 0 aromatic heterocycles. The van der Waals surface area contributed by atoms with Crippen molar-refractivity contribution in [2.75, 3.05) is 4.90 Å². The normalized spacial score (nSPS) is 25.9. The van der Waals surface area contributed by atoms with Crippen LogP contribution in [-0.2, 0) is 10.8 Å². The van der Waals surface area contributed by atoms with Crippen LogP contribution in [0, 0.1) is 23.7 Å². The Morgan fingerprint density at radius 1 is 0.450 bits per heavy atom. The highest BCUT2D eigenvalue weighted by Crippen LogP contribution is 2.69. The summed E-state index contributed by atoms with van der Waals surface area (Å²) in [6.45, 7) is 2.48. The van der Waals surface area contributed by atoms with Gasteiger partial charge < -0.3 is 4.90 Å². The molecule has 0 heterocycles. The van der Waals surface area contributed by atoms with Crippen molar-refractivity contribution in [2.24, 2.45) is 23.7 Å². The highest BCUT2D eigenvalue weighted by atomic mass is 15.1. The van der Waals surface area contributed by atoms with E-state index in [9.17, 15) is 0 Å². The zero-order valence-electron chi connectivity index (χ0n) is 34.3. The third kappa shape index (κ3) is 4.93. The van der Waals surface area contributed by atoms with Gasteiger partial charge in [0.2, 0.25) is 0 Å². The maximum Gasteiger partial charge on any atom is 0.0537 e. The molecule has 0 amide bonds. The summed E-state index contributed by atoms with van der Waals surface area (Å²) in [7, 11) is 0. The van der Waals surface area contributed by atoms with Crippen LogP contribution in [0.15, 0.2) is 182 Å². The molecule has 14 rings (SSSR count). The number of nitrogens with zero attached hydrogens (tertiary/aromatic N) is 1. The van der Waals surface area contributed by atoms with Crippen molar-refractivity contribution in [3.8, 4) is 44.5 Å². The van der Waals surface area contributed by atoms with E-state index >= 15 is 0 Å². The van der Waals surface area contributed by atoms with Gasteiger partial charge in [0.05, 0.1) is 5.69 Å². The van der Waals surface area contributed by atoms with Crippen molar-refractivity contribution in [1.82, 2.24) is 0 Å². The fourth-order valence-corrected chi connectivity index (χ4v) is 13.6. The van der Waals surface area contributed by atoms with Crippen molar-refractivity contribution in [3.63, 3.8) is 0 Å². The molecule has 290 valence electrons. The highest BCUT2D eigenvalue weighted by Gasteiger charge is 2.61. The zero-order valence-corrected chi connectivity index (χ0v) is 34.3. The van der Waals surface area contributed by atoms with E-state index in [1.165, 1.54) is 110 Å². The lowest BCUT2D eigenvalue weighted by molar-refractivity contribution is -0.0399. The Morgan fingerprint density at radius 2 is 1.08 bits per heavy atom. The lowest BCUT2D eigenvalue weighted by Gasteiger charge is -2.61. The van der Waals surface area contributed by atoms with Crippen LogP contribution >= 0.6 is 0 Å². The quantitative estimate of drug-likeness (QED) is 0.156. The average molecular weight is 772 g/mol. The second-order valence-corrected chi connectivity index (χ2v) is 19.1. The molecule has 6 aromatic rings. The molecule has 4 saturated carbocycles. The van der Waals surface area contributed by atoms with Crippen molar-refractivity contribution in [3.05, 3.63) is 204 Å². The lowest BCUT2D eigenvalue weighted by Crippen LogP contribution is -2.55. The third-order valence-electron chi connectivity index (χ3n) is 16.0. The number of hydrogen-bond acceptors (Lipinski definition) is 1. The molecule has 4 fully saturated rings. The molecule has 0 radical (unpaired) electrons. The number of para-hydroxylation sites is 1. The van der Waals surface area contributed by atoms with Gasteiger partial charge in [-0.1, -0.05) is 153 Å². The molecule has 0 aliphatic heterocycles. The average Bonchev–Trinajstić information content (AvgIpc) is 3.85. The molecule has 1 unspecified atom stereocenters. The van der Waals surface area contributed by atoms with Gasteiger partial charge in [0.15, 0.2) is 0 Å². The van der Waals surface area contributed by atoms with Crippen LogP contribution in [-0.4, -0.2) is 0 Å². The summed E-state index contributed by atoms with van der Waals surface area (Å²) >= 11 is 0. The summed E-state index contributed by atoms with van der Waals surface area (Å²) in [6.07, 6.45) is 15.0. The second-order valence-electron chi connectivity index (χ2n) is 19.1. The molecule has 8 aliphatic carbocycles. The Morgan fingerprint density at radius 3 is 1.83 bits per heavy atom. The Labute approximate surface area is 354 Å². The molecule has 1 spiro atoms. The predicted octanol–water partition coefficient (Wildman–Crippen LogP) is 15.5. The second kappa shape index (κ2) is 12.9. The lowest BCUT2D eigenvalue weighted by atomic mass is 9.43. The first-order chi connectivity index (χ1) is 29.6. The summed E-state index contributed by atoms with van der Waals surface area (Å²) in [5, 5.41) is 0. The number of allylic oxidation sites excluding steroid dienone is 4. The fourth-order valence-electron chi connectivity index (χ4n) is 13.6. The van der Waals surface area contributed by atoms with Gasteiger partial charge in [-0.2, -0.15) is 0 Å². The number of fused-ring (bicyclic) bond motifs is 4. The molecular formula is C59H49N. The molecule has 8 aliphatic rings. The molecule has 0 N–H and O–H groups in total. The van der Waals surface area contributed by atoms with Crippen molar-refractivity contribution in [1.29, 1.82) is 0 Å². The van der Waals surface area contributed by atoms with Gasteiger partial charge in [0.25, 0.3) is 0 Å². The summed E-state index contributed by atoms with van der Waals surface area (Å²) in [5.74, 6) is 3.23. The molecule has 60 heavy (non-hydrogen) atoms. The van der Waals surface area contributed by atoms with Crippen LogP contribution in [0.1, 0.15) is 67.7 Å². The Kier molecular flexibility index (Phi) is 7.46. The Bertz CT molecular complexity index is 2920. The molecule has 1 heteroatoms. The van der Waals surface area contributed by atoms with E-state index in [0.717, 1.165) is 18.3 Å². The maximum absolute atomic E-state index is 2.66. The SMILES string of the molecule is CC1(c2ccccc2-c2ccc3cc2-3)CC=CC=C1c1ccccc1N(c1cccc(-c2ccccc2)c1)c1ccc2c(c1)C1(c3ccccc3-2)C2CC3CC(C2)CC1C3. The van der Waals surface area contributed by atoms with Crippen LogP contribution < -0.4 is 4.90 Å². The monoisotopic (exact) mass is 771 g/mol. The maximum atomic E-state index is 2.66. The molecule has 6 aromatic carbocycles. The van der Waals surface area contributed by atoms with Crippen molar-refractivity contribution < 1.29 is 0 Å². The summed E-state index contributed by atoms with van der Waals surface area (Å²) in [5.41, 5.74) is 21.6. The standard InChI is InChI=1S/C59H49N/c1-58(53-21-8-5-18-48(53)47-27-25-42-36-52(42)47)29-12-11-22-54(58)51-20-7-10-24-57(51)60(45-17-13-16-41(35-45)40-14-3-2-4-15-40)46-26-28-50-49-19-6-9-23-55(49)59(56(50)37-46)43-31-38-30-39(33-43)34-44(59)32-38/h2-28,35-39,43-44H,29-34H2,1H3. The van der Waals surface area contributed by atoms with E-state index in [1.54, 1.807) is 11.1 Å². The van der Waals surface area contributed by atoms with Crippen LogP contribution in [0.25, 0.3) is 50.1 Å². The first-order valence-corrected chi connectivity index (χ1v) is 22.5. The Balaban J connectivity index is 1.02. The molecular weight excluding hydrogens is 723 g/mol. The van der Waals surface area contributed by atoms with Gasteiger partial charge in [0, 0.05) is 27.8 Å². The smallest absolute Gasteiger partial charge is 0.0537 e. The highest BCUT2D eigenvalue weighted by molar-refractivity contribution is 5.99. The molecule has 4 bridgehead atoms. The van der Waals surface area contributed by atoms with Crippen LogP contribution in [0.4, 0.5) is 17.1 Å². The number of rotatable bonds is 7. The minimum absolute atomic E-state index is 0.0893. The zero-order chi connectivity index (χ0) is 39.6. The summed E-state index contributed by atoms with van der Waals surface area (Å²) in [6, 6.07) is 62.6. The number of benzene rings is 7. The van der Waals surface area contributed by atoms with E-state index in [4.69, 9.17) is 0 Å². The Hall–Kier alpha value is -6.18. The minimum atomic E-state index is -0.248. The van der Waals surface area contributed by atoms with E-state index in [1.807, 2.05) is 0 Å². The van der Waals surface area contributed by atoms with Gasteiger partial charge >= 0.3 is 0 Å². The van der Waals surface area contributed by atoms with Crippen molar-refractivity contribution in [2.45, 2.75) is 56.3 Å². The predicted molar refractivity (Wildman–Crippen MR) is 250 cm³/mol. The number of anilines is 3. The largest absolute Gasteiger partial charge is 0.310 e. The molecule has 1 nitrogen and oxygen atoms in total. The first-order valence-electron chi connectivity index (χ1n) is 22.5. The van der Waals surface area contributed by atoms with Crippen molar-refractivity contribution >= 4 is 22.6 Å². The van der Waals surface area contributed by atoms with Crippen LogP contribution in [0.2, 0.25) is 0 Å². The van der Waals surface area contributed by atoms with E-state index in [0.29, 0.717) is 11.8 Å². The van der Waals surface area contributed by atoms with Gasteiger partial charge in [-0.3, -0.25) is 0 Å². The number of hydrogen-bond donors (Lipinski definition) is 0. The van der Waals surface area contributed by atoms with Gasteiger partial charge in [-0.05, 0) is 165 Å². The van der Waals surface area contributed by atoms with E-state index < -0.39 is 0 Å². The first kappa shape index (κ1) is 34.7. The molecule has 0 saturated heterocycles. The summed E-state index contributed by atoms with van der Waals surface area (Å²) in [4.78, 5) is 2.60. The summed E-state index contributed by atoms with van der Waals surface area (Å²) < 4.78 is 0. The van der Waals surface area contributed by atoms with Gasteiger partial charge in [-0.25, -0.2) is 0 Å². The minimum Gasteiger partial charge on any atom is -0.310 e. The van der Waals surface area contributed by atoms with Crippen LogP contribution in [0.3, 0.4) is 0 Å². The topological polar surface area (TPSA) is 3.24 Å². The van der Waals surface area contributed by atoms with Gasteiger partial charge in [-0.15, -0.1) is 0 Å². The van der Waals surface area contributed by atoms with E-state index in [-0.39, 0.29) is 10.8 Å². The van der Waals surface area contributed by atoms with Crippen LogP contribution in [0.5, 0.6) is 0 Å².